The van der Waals surface area contributed by atoms with Crippen LogP contribution in [-0.4, -0.2) is 18.2 Å². The number of benzene rings is 1. The summed E-state index contributed by atoms with van der Waals surface area (Å²) >= 11 is 5.01. The zero-order chi connectivity index (χ0) is 8.81. The van der Waals surface area contributed by atoms with Gasteiger partial charge in [-0.2, -0.15) is 0 Å². The normalized spacial score (nSPS) is 8.69. The van der Waals surface area contributed by atoms with Crippen LogP contribution in [0.4, 0.5) is 0 Å². The molecule has 0 spiro atoms. The fourth-order valence-electron chi connectivity index (χ4n) is 0.809. The van der Waals surface area contributed by atoms with Gasteiger partial charge in [-0.15, -0.1) is 12.4 Å². The molecule has 2 N–H and O–H groups in total. The van der Waals surface area contributed by atoms with Crippen LogP contribution in [0, 0.1) is 0 Å². The molecule has 0 unspecified atom stereocenters. The highest BCUT2D eigenvalue weighted by Gasteiger charge is 1.98. The van der Waals surface area contributed by atoms with Crippen molar-refractivity contribution in [3.05, 3.63) is 35.9 Å². The Balaban J connectivity index is 0.00000144. The molecule has 72 valence electrons. The molecule has 0 atom stereocenters. The van der Waals surface area contributed by atoms with Gasteiger partial charge >= 0.3 is 0 Å². The molecule has 1 rings (SSSR count). The summed E-state index contributed by atoms with van der Waals surface area (Å²) in [5, 5.41) is 0.515. The Hall–Kier alpha value is -0.640. The van der Waals surface area contributed by atoms with E-state index in [4.69, 9.17) is 22.7 Å². The van der Waals surface area contributed by atoms with Crippen molar-refractivity contribution in [3.63, 3.8) is 0 Å². The first-order valence-corrected chi connectivity index (χ1v) is 4.17. The lowest BCUT2D eigenvalue weighted by Gasteiger charge is -2.04. The van der Waals surface area contributed by atoms with E-state index in [0.717, 1.165) is 5.56 Å². The summed E-state index contributed by atoms with van der Waals surface area (Å²) in [6.07, 6.45) is 0. The number of hydrogen-bond donors (Lipinski definition) is 1. The standard InChI is InChI=1S/C9H11NOS.ClH/c10-6-7-11-9(12)8-4-2-1-3-5-8;/h1-5H,6-7,10H2;1H. The summed E-state index contributed by atoms with van der Waals surface area (Å²) in [6, 6.07) is 9.62. The first kappa shape index (κ1) is 12.4. The van der Waals surface area contributed by atoms with E-state index in [9.17, 15) is 0 Å². The third kappa shape index (κ3) is 4.22. The molecule has 0 fully saturated rings. The molecule has 4 heteroatoms. The van der Waals surface area contributed by atoms with E-state index >= 15 is 0 Å². The average molecular weight is 218 g/mol. The molecular weight excluding hydrogens is 206 g/mol. The van der Waals surface area contributed by atoms with Crippen molar-refractivity contribution in [2.24, 2.45) is 5.73 Å². The Labute approximate surface area is 89.5 Å². The van der Waals surface area contributed by atoms with Crippen LogP contribution in [0.5, 0.6) is 0 Å². The molecule has 0 bridgehead atoms. The van der Waals surface area contributed by atoms with Crippen LogP contribution in [0.2, 0.25) is 0 Å². The van der Waals surface area contributed by atoms with Gasteiger partial charge in [-0.3, -0.25) is 0 Å². The first-order valence-electron chi connectivity index (χ1n) is 3.77. The lowest BCUT2D eigenvalue weighted by molar-refractivity contribution is 0.325. The van der Waals surface area contributed by atoms with Crippen LogP contribution in [0.25, 0.3) is 0 Å². The SMILES string of the molecule is Cl.NCCOC(=S)c1ccccc1. The van der Waals surface area contributed by atoms with Gasteiger partial charge in [-0.1, -0.05) is 30.3 Å². The predicted octanol–water partition coefficient (Wildman–Crippen LogP) is 1.76. The number of ether oxygens (including phenoxy) is 1. The largest absolute Gasteiger partial charge is 0.482 e. The molecule has 0 radical (unpaired) electrons. The van der Waals surface area contributed by atoms with Crippen LogP contribution in [0.15, 0.2) is 30.3 Å². The van der Waals surface area contributed by atoms with E-state index in [1.54, 1.807) is 0 Å². The van der Waals surface area contributed by atoms with E-state index in [1.807, 2.05) is 30.3 Å². The molecule has 0 saturated heterocycles. The lowest BCUT2D eigenvalue weighted by atomic mass is 10.2. The first-order chi connectivity index (χ1) is 5.84. The fraction of sp³-hybridized carbons (Fsp3) is 0.222. The van der Waals surface area contributed by atoms with Crippen LogP contribution in [0.1, 0.15) is 5.56 Å². The van der Waals surface area contributed by atoms with Gasteiger partial charge in [0.15, 0.2) is 5.05 Å². The zero-order valence-corrected chi connectivity index (χ0v) is 8.74. The van der Waals surface area contributed by atoms with E-state index in [1.165, 1.54) is 0 Å². The zero-order valence-electron chi connectivity index (χ0n) is 7.10. The predicted molar refractivity (Wildman–Crippen MR) is 60.4 cm³/mol. The van der Waals surface area contributed by atoms with E-state index < -0.39 is 0 Å². The van der Waals surface area contributed by atoms with Crippen LogP contribution in [0.3, 0.4) is 0 Å². The van der Waals surface area contributed by atoms with Crippen molar-refractivity contribution < 1.29 is 4.74 Å². The molecule has 13 heavy (non-hydrogen) atoms. The summed E-state index contributed by atoms with van der Waals surface area (Å²) in [5.41, 5.74) is 6.20. The number of rotatable bonds is 3. The van der Waals surface area contributed by atoms with Gasteiger partial charge in [0.05, 0.1) is 0 Å². The van der Waals surface area contributed by atoms with Crippen molar-refractivity contribution in [1.29, 1.82) is 0 Å². The summed E-state index contributed by atoms with van der Waals surface area (Å²) in [6.45, 7) is 0.973. The minimum absolute atomic E-state index is 0. The molecule has 1 aromatic rings. The van der Waals surface area contributed by atoms with E-state index in [-0.39, 0.29) is 12.4 Å². The number of nitrogens with two attached hydrogens (primary N) is 1. The quantitative estimate of drug-likeness (QED) is 0.784. The topological polar surface area (TPSA) is 35.2 Å². The third-order valence-electron chi connectivity index (χ3n) is 1.36. The second kappa shape index (κ2) is 6.83. The minimum atomic E-state index is 0. The number of halogens is 1. The van der Waals surface area contributed by atoms with Gasteiger partial charge in [0, 0.05) is 12.1 Å². The second-order valence-electron chi connectivity index (χ2n) is 2.29. The van der Waals surface area contributed by atoms with Gasteiger partial charge in [0.2, 0.25) is 0 Å². The molecule has 0 aliphatic carbocycles. The Morgan fingerprint density at radius 3 is 2.46 bits per heavy atom. The van der Waals surface area contributed by atoms with Gasteiger partial charge in [-0.05, 0) is 12.2 Å². The van der Waals surface area contributed by atoms with Gasteiger partial charge in [0.25, 0.3) is 0 Å². The highest BCUT2D eigenvalue weighted by molar-refractivity contribution is 7.80. The molecule has 0 saturated carbocycles. The van der Waals surface area contributed by atoms with E-state index in [2.05, 4.69) is 0 Å². The summed E-state index contributed by atoms with van der Waals surface area (Å²) in [5.74, 6) is 0. The Bertz CT molecular complexity index is 253. The van der Waals surface area contributed by atoms with Gasteiger partial charge in [0.1, 0.15) is 6.61 Å². The van der Waals surface area contributed by atoms with Crippen molar-refractivity contribution in [3.8, 4) is 0 Å². The maximum Gasteiger partial charge on any atom is 0.191 e. The molecule has 0 heterocycles. The van der Waals surface area contributed by atoms with Crippen molar-refractivity contribution in [1.82, 2.24) is 0 Å². The average Bonchev–Trinajstić information content (AvgIpc) is 2.15. The van der Waals surface area contributed by atoms with Crippen LogP contribution >= 0.6 is 24.6 Å². The molecule has 0 aromatic heterocycles. The lowest BCUT2D eigenvalue weighted by Crippen LogP contribution is -2.12. The summed E-state index contributed by atoms with van der Waals surface area (Å²) in [4.78, 5) is 0. The third-order valence-corrected chi connectivity index (χ3v) is 1.71. The van der Waals surface area contributed by atoms with E-state index in [0.29, 0.717) is 18.2 Å². The number of thiocarbonyl (C=S) groups is 1. The fourth-order valence-corrected chi connectivity index (χ4v) is 1.03. The Morgan fingerprint density at radius 1 is 1.31 bits per heavy atom. The molecule has 0 amide bonds. The monoisotopic (exact) mass is 217 g/mol. The maximum atomic E-state index is 5.27. The number of hydrogen-bond acceptors (Lipinski definition) is 3. The Morgan fingerprint density at radius 2 is 1.92 bits per heavy atom. The van der Waals surface area contributed by atoms with Crippen LogP contribution < -0.4 is 5.73 Å². The Kier molecular flexibility index (Phi) is 6.49. The summed E-state index contributed by atoms with van der Waals surface area (Å²) in [7, 11) is 0. The molecule has 2 nitrogen and oxygen atoms in total. The second-order valence-corrected chi connectivity index (χ2v) is 2.66. The van der Waals surface area contributed by atoms with Crippen LogP contribution in [-0.2, 0) is 4.74 Å². The highest BCUT2D eigenvalue weighted by Crippen LogP contribution is 2.01. The molecule has 1 aromatic carbocycles. The molecule has 0 aliphatic heterocycles. The van der Waals surface area contributed by atoms with Crippen molar-refractivity contribution >= 4 is 29.7 Å². The molecule has 0 aliphatic rings. The van der Waals surface area contributed by atoms with Crippen molar-refractivity contribution in [2.75, 3.05) is 13.2 Å². The summed E-state index contributed by atoms with van der Waals surface area (Å²) < 4.78 is 5.18. The minimum Gasteiger partial charge on any atom is -0.482 e. The maximum absolute atomic E-state index is 5.27. The van der Waals surface area contributed by atoms with Gasteiger partial charge < -0.3 is 10.5 Å². The van der Waals surface area contributed by atoms with Gasteiger partial charge in [-0.25, -0.2) is 0 Å². The smallest absolute Gasteiger partial charge is 0.191 e. The van der Waals surface area contributed by atoms with Crippen molar-refractivity contribution in [2.45, 2.75) is 0 Å². The highest BCUT2D eigenvalue weighted by atomic mass is 35.5. The molecular formula is C9H12ClNOS.